The smallest absolute Gasteiger partial charge is 0.416 e. The zero-order valence-corrected chi connectivity index (χ0v) is 27.5. The molecule has 9 nitrogen and oxygen atoms in total. The number of halogens is 2. The summed E-state index contributed by atoms with van der Waals surface area (Å²) in [6.07, 6.45) is 3.28. The first-order valence-corrected chi connectivity index (χ1v) is 16.8. The van der Waals surface area contributed by atoms with E-state index in [1.807, 2.05) is 45.0 Å². The van der Waals surface area contributed by atoms with E-state index >= 15 is 0 Å². The van der Waals surface area contributed by atoms with Crippen LogP contribution in [0.2, 0.25) is 10.0 Å². The Kier molecular flexibility index (Phi) is 10.8. The van der Waals surface area contributed by atoms with Gasteiger partial charge in [0, 0.05) is 38.2 Å². The Hall–Kier alpha value is -2.66. The van der Waals surface area contributed by atoms with E-state index in [2.05, 4.69) is 4.99 Å². The van der Waals surface area contributed by atoms with E-state index in [0.29, 0.717) is 51.3 Å². The SMILES string of the molecule is CN(CCc1ccc(C2=NCCN2C(=O)OC(C)(C)C)cc1)C(=O)CCC1CCCCN1S(=O)(=O)c1cccc(Cl)c1Cl. The minimum absolute atomic E-state index is 0.000538. The van der Waals surface area contributed by atoms with Crippen molar-refractivity contribution in [3.05, 3.63) is 63.6 Å². The van der Waals surface area contributed by atoms with Gasteiger partial charge in [0.25, 0.3) is 0 Å². The van der Waals surface area contributed by atoms with Crippen LogP contribution in [0.3, 0.4) is 0 Å². The molecule has 0 bridgehead atoms. The zero-order chi connectivity index (χ0) is 31.4. The van der Waals surface area contributed by atoms with E-state index in [1.165, 1.54) is 10.4 Å². The van der Waals surface area contributed by atoms with Crippen LogP contribution >= 0.6 is 23.2 Å². The lowest BCUT2D eigenvalue weighted by Crippen LogP contribution is -2.44. The molecule has 4 rings (SSSR count). The van der Waals surface area contributed by atoms with Gasteiger partial charge in [-0.3, -0.25) is 14.7 Å². The lowest BCUT2D eigenvalue weighted by molar-refractivity contribution is -0.130. The molecule has 2 heterocycles. The van der Waals surface area contributed by atoms with Gasteiger partial charge in [-0.1, -0.05) is 60.0 Å². The molecule has 234 valence electrons. The van der Waals surface area contributed by atoms with Gasteiger partial charge in [0.05, 0.1) is 23.1 Å². The number of amides is 2. The summed E-state index contributed by atoms with van der Waals surface area (Å²) < 4.78 is 34.0. The maximum atomic E-state index is 13.5. The number of sulfonamides is 1. The predicted molar refractivity (Wildman–Crippen MR) is 169 cm³/mol. The van der Waals surface area contributed by atoms with Gasteiger partial charge in [0.2, 0.25) is 15.9 Å². The van der Waals surface area contributed by atoms with E-state index in [0.717, 1.165) is 24.0 Å². The predicted octanol–water partition coefficient (Wildman–Crippen LogP) is 6.02. The lowest BCUT2D eigenvalue weighted by atomic mass is 10.00. The average molecular weight is 652 g/mol. The number of benzene rings is 2. The number of rotatable bonds is 9. The van der Waals surface area contributed by atoms with E-state index in [4.69, 9.17) is 27.9 Å². The molecule has 1 saturated heterocycles. The monoisotopic (exact) mass is 650 g/mol. The molecule has 2 aromatic carbocycles. The lowest BCUT2D eigenvalue weighted by Gasteiger charge is -2.35. The second-order valence-corrected chi connectivity index (χ2v) is 14.6. The van der Waals surface area contributed by atoms with Crippen LogP contribution in [0.4, 0.5) is 4.79 Å². The van der Waals surface area contributed by atoms with Crippen LogP contribution in [0, 0.1) is 0 Å². The Balaban J connectivity index is 1.30. The molecule has 0 saturated carbocycles. The number of amidine groups is 1. The van der Waals surface area contributed by atoms with Crippen LogP contribution in [0.25, 0.3) is 0 Å². The van der Waals surface area contributed by atoms with Crippen molar-refractivity contribution in [3.63, 3.8) is 0 Å². The van der Waals surface area contributed by atoms with Gasteiger partial charge in [-0.25, -0.2) is 13.2 Å². The number of ether oxygens (including phenoxy) is 1. The molecular formula is C31H40Cl2N4O5S. The van der Waals surface area contributed by atoms with E-state index in [-0.39, 0.29) is 33.3 Å². The van der Waals surface area contributed by atoms with Crippen LogP contribution in [-0.2, 0) is 26.0 Å². The summed E-state index contributed by atoms with van der Waals surface area (Å²) in [5, 5.41) is 0.215. The molecule has 0 N–H and O–H groups in total. The number of carbonyl (C=O) groups is 2. The number of hydrogen-bond donors (Lipinski definition) is 0. The Labute approximate surface area is 264 Å². The first-order valence-electron chi connectivity index (χ1n) is 14.6. The third-order valence-corrected chi connectivity index (χ3v) is 10.5. The number of carbonyl (C=O) groups excluding carboxylic acids is 2. The number of likely N-dealkylation sites (N-methyl/N-ethyl adjacent to an activating group) is 1. The maximum Gasteiger partial charge on any atom is 0.416 e. The number of nitrogens with zero attached hydrogens (tertiary/aromatic N) is 4. The highest BCUT2D eigenvalue weighted by Gasteiger charge is 2.35. The van der Waals surface area contributed by atoms with E-state index in [9.17, 15) is 18.0 Å². The third-order valence-electron chi connectivity index (χ3n) is 7.60. The molecule has 0 aromatic heterocycles. The molecular weight excluding hydrogens is 611 g/mol. The fourth-order valence-electron chi connectivity index (χ4n) is 5.30. The van der Waals surface area contributed by atoms with Crippen LogP contribution in [0.5, 0.6) is 0 Å². The first-order chi connectivity index (χ1) is 20.3. The molecule has 2 aliphatic heterocycles. The van der Waals surface area contributed by atoms with Crippen LogP contribution in [-0.4, -0.2) is 85.2 Å². The van der Waals surface area contributed by atoms with Crippen molar-refractivity contribution in [2.45, 2.75) is 75.8 Å². The summed E-state index contributed by atoms with van der Waals surface area (Å²) in [7, 11) is -2.08. The minimum atomic E-state index is -3.85. The Morgan fingerprint density at radius 1 is 1.07 bits per heavy atom. The quantitative estimate of drug-likeness (QED) is 0.331. The summed E-state index contributed by atoms with van der Waals surface area (Å²) in [6, 6.07) is 12.2. The standard InChI is InChI=1S/C31H40Cl2N4O5S/c1-31(2,3)42-30(39)36-21-18-34-29(36)23-13-11-22(12-14-23)17-20-35(4)27(38)16-15-24-8-5-6-19-37(24)43(40,41)26-10-7-9-25(32)28(26)33/h7,9-14,24H,5-6,8,15-21H2,1-4H3. The molecule has 12 heteroatoms. The summed E-state index contributed by atoms with van der Waals surface area (Å²) >= 11 is 12.3. The van der Waals surface area contributed by atoms with Crippen LogP contribution in [0.15, 0.2) is 52.4 Å². The van der Waals surface area contributed by atoms with Crippen molar-refractivity contribution < 1.29 is 22.7 Å². The van der Waals surface area contributed by atoms with Crippen LogP contribution in [0.1, 0.15) is 64.0 Å². The van der Waals surface area contributed by atoms with Gasteiger partial charge in [-0.15, -0.1) is 0 Å². The van der Waals surface area contributed by atoms with Crippen molar-refractivity contribution in [2.75, 3.05) is 33.2 Å². The molecule has 0 aliphatic carbocycles. The van der Waals surface area contributed by atoms with Gasteiger partial charge in [-0.2, -0.15) is 4.31 Å². The molecule has 1 atom stereocenters. The summed E-state index contributed by atoms with van der Waals surface area (Å²) in [4.78, 5) is 33.4. The molecule has 0 radical (unpaired) electrons. The van der Waals surface area contributed by atoms with Gasteiger partial charge in [0.15, 0.2) is 0 Å². The summed E-state index contributed by atoms with van der Waals surface area (Å²) in [6.45, 7) is 7.43. The summed E-state index contributed by atoms with van der Waals surface area (Å²) in [5.41, 5.74) is 1.30. The normalized spacial score (nSPS) is 18.0. The van der Waals surface area contributed by atoms with Crippen molar-refractivity contribution in [1.82, 2.24) is 14.1 Å². The maximum absolute atomic E-state index is 13.5. The molecule has 2 amide bonds. The van der Waals surface area contributed by atoms with Gasteiger partial charge >= 0.3 is 6.09 Å². The zero-order valence-electron chi connectivity index (χ0n) is 25.2. The molecule has 2 aliphatic rings. The van der Waals surface area contributed by atoms with Crippen molar-refractivity contribution >= 4 is 51.1 Å². The minimum Gasteiger partial charge on any atom is -0.443 e. The Bertz CT molecular complexity index is 1460. The molecule has 0 spiro atoms. The van der Waals surface area contributed by atoms with Crippen molar-refractivity contribution in [3.8, 4) is 0 Å². The fraction of sp³-hybridized carbons (Fsp3) is 0.516. The molecule has 1 fully saturated rings. The number of piperidine rings is 1. The van der Waals surface area contributed by atoms with Gasteiger partial charge < -0.3 is 9.64 Å². The number of hydrogen-bond acceptors (Lipinski definition) is 6. The third kappa shape index (κ3) is 8.29. The highest BCUT2D eigenvalue weighted by molar-refractivity contribution is 7.89. The van der Waals surface area contributed by atoms with E-state index < -0.39 is 21.7 Å². The van der Waals surface area contributed by atoms with Gasteiger partial charge in [0.1, 0.15) is 16.3 Å². The van der Waals surface area contributed by atoms with Crippen molar-refractivity contribution in [1.29, 1.82) is 0 Å². The summed E-state index contributed by atoms with van der Waals surface area (Å²) in [5.74, 6) is 0.568. The number of aliphatic imine (C=N–C) groups is 1. The average Bonchev–Trinajstić information content (AvgIpc) is 3.46. The molecule has 1 unspecified atom stereocenters. The Morgan fingerprint density at radius 3 is 2.49 bits per heavy atom. The van der Waals surface area contributed by atoms with E-state index in [1.54, 1.807) is 29.0 Å². The topological polar surface area (TPSA) is 99.6 Å². The highest BCUT2D eigenvalue weighted by atomic mass is 35.5. The first kappa shape index (κ1) is 33.2. The largest absolute Gasteiger partial charge is 0.443 e. The van der Waals surface area contributed by atoms with Crippen molar-refractivity contribution in [2.24, 2.45) is 4.99 Å². The fourth-order valence-corrected chi connectivity index (χ4v) is 7.76. The highest BCUT2D eigenvalue weighted by Crippen LogP contribution is 2.34. The second-order valence-electron chi connectivity index (χ2n) is 12.0. The van der Waals surface area contributed by atoms with Crippen LogP contribution < -0.4 is 0 Å². The second kappa shape index (κ2) is 14.0. The molecule has 43 heavy (non-hydrogen) atoms. The van der Waals surface area contributed by atoms with Gasteiger partial charge in [-0.05, 0) is 64.2 Å². The Morgan fingerprint density at radius 2 is 1.79 bits per heavy atom. The molecule has 2 aromatic rings.